The maximum atomic E-state index is 12.3. The minimum atomic E-state index is -1.30. The van der Waals surface area contributed by atoms with E-state index in [0.29, 0.717) is 21.2 Å². The Labute approximate surface area is 119 Å². The molecular weight excluding hydrogens is 280 g/mol. The lowest BCUT2D eigenvalue weighted by molar-refractivity contribution is 0.682. The molecule has 2 N–H and O–H groups in total. The first-order valence-electron chi connectivity index (χ1n) is 5.53. The molecule has 19 heavy (non-hydrogen) atoms. The van der Waals surface area contributed by atoms with Crippen LogP contribution >= 0.6 is 11.6 Å². The van der Waals surface area contributed by atoms with Gasteiger partial charge in [0, 0.05) is 5.69 Å². The summed E-state index contributed by atoms with van der Waals surface area (Å²) in [5.74, 6) is 0.257. The summed E-state index contributed by atoms with van der Waals surface area (Å²) in [4.78, 5) is 0.531. The van der Waals surface area contributed by atoms with Gasteiger partial charge in [-0.3, -0.25) is 4.21 Å². The van der Waals surface area contributed by atoms with Gasteiger partial charge in [0.25, 0.3) is 0 Å². The number of benzene rings is 2. The van der Waals surface area contributed by atoms with Gasteiger partial charge in [-0.1, -0.05) is 29.8 Å². The van der Waals surface area contributed by atoms with Crippen molar-refractivity contribution >= 4 is 28.1 Å². The third-order valence-corrected chi connectivity index (χ3v) is 4.47. The van der Waals surface area contributed by atoms with E-state index in [1.165, 1.54) is 0 Å². The van der Waals surface area contributed by atoms with Crippen molar-refractivity contribution in [2.45, 2.75) is 10.6 Å². The second-order valence-corrected chi connectivity index (χ2v) is 5.78. The van der Waals surface area contributed by atoms with Crippen molar-refractivity contribution in [2.75, 3.05) is 5.73 Å². The molecule has 2 rings (SSSR count). The summed E-state index contributed by atoms with van der Waals surface area (Å²) >= 11 is 6.03. The third-order valence-electron chi connectivity index (χ3n) is 2.63. The molecule has 5 heteroatoms. The monoisotopic (exact) mass is 290 g/mol. The van der Waals surface area contributed by atoms with Gasteiger partial charge in [0.1, 0.15) is 0 Å². The van der Waals surface area contributed by atoms with Gasteiger partial charge in [-0.25, -0.2) is 0 Å². The van der Waals surface area contributed by atoms with E-state index in [-0.39, 0.29) is 5.75 Å². The molecule has 1 atom stereocenters. The van der Waals surface area contributed by atoms with Crippen LogP contribution in [0.5, 0.6) is 0 Å². The minimum Gasteiger partial charge on any atom is -0.399 e. The summed E-state index contributed by atoms with van der Waals surface area (Å²) in [6.45, 7) is 0. The Kier molecular flexibility index (Phi) is 4.20. The fourth-order valence-electron chi connectivity index (χ4n) is 1.68. The molecule has 0 aromatic heterocycles. The van der Waals surface area contributed by atoms with Crippen LogP contribution in [-0.2, 0) is 16.6 Å². The first kappa shape index (κ1) is 13.6. The molecule has 0 saturated carbocycles. The van der Waals surface area contributed by atoms with Crippen LogP contribution in [0.15, 0.2) is 47.4 Å². The SMILES string of the molecule is N#Cc1ccccc1CS(=O)c1ccc(N)cc1Cl. The van der Waals surface area contributed by atoms with Crippen LogP contribution in [-0.4, -0.2) is 4.21 Å². The van der Waals surface area contributed by atoms with Crippen molar-refractivity contribution in [3.8, 4) is 6.07 Å². The van der Waals surface area contributed by atoms with E-state index in [4.69, 9.17) is 22.6 Å². The van der Waals surface area contributed by atoms with Crippen LogP contribution in [0, 0.1) is 11.3 Å². The van der Waals surface area contributed by atoms with Crippen LogP contribution in [0.1, 0.15) is 11.1 Å². The van der Waals surface area contributed by atoms with Crippen molar-refractivity contribution in [3.05, 3.63) is 58.6 Å². The standard InChI is InChI=1S/C14H11ClN2OS/c15-13-7-12(17)5-6-14(13)19(18)9-11-4-2-1-3-10(11)8-16/h1-7H,9,17H2. The summed E-state index contributed by atoms with van der Waals surface area (Å²) in [6, 6.07) is 14.1. The van der Waals surface area contributed by atoms with Crippen LogP contribution in [0.25, 0.3) is 0 Å². The van der Waals surface area contributed by atoms with Crippen LogP contribution in [0.4, 0.5) is 5.69 Å². The number of nitrogens with two attached hydrogens (primary N) is 1. The summed E-state index contributed by atoms with van der Waals surface area (Å²) in [5.41, 5.74) is 7.41. The Balaban J connectivity index is 2.29. The highest BCUT2D eigenvalue weighted by Gasteiger charge is 2.11. The zero-order valence-corrected chi connectivity index (χ0v) is 11.5. The first-order valence-corrected chi connectivity index (χ1v) is 7.23. The third kappa shape index (κ3) is 3.14. The molecule has 0 aliphatic heterocycles. The molecule has 96 valence electrons. The van der Waals surface area contributed by atoms with E-state index in [0.717, 1.165) is 5.56 Å². The number of rotatable bonds is 3. The lowest BCUT2D eigenvalue weighted by Gasteiger charge is -2.07. The average Bonchev–Trinajstić information content (AvgIpc) is 2.39. The number of halogens is 1. The maximum Gasteiger partial charge on any atom is 0.0994 e. The van der Waals surface area contributed by atoms with Gasteiger partial charge in [-0.05, 0) is 29.8 Å². The van der Waals surface area contributed by atoms with Crippen LogP contribution < -0.4 is 5.73 Å². The molecule has 0 bridgehead atoms. The second kappa shape index (κ2) is 5.87. The van der Waals surface area contributed by atoms with E-state index < -0.39 is 10.8 Å². The number of anilines is 1. The lowest BCUT2D eigenvalue weighted by Crippen LogP contribution is -2.00. The van der Waals surface area contributed by atoms with Gasteiger partial charge in [-0.2, -0.15) is 5.26 Å². The molecule has 2 aromatic carbocycles. The average molecular weight is 291 g/mol. The maximum absolute atomic E-state index is 12.3. The molecule has 2 aromatic rings. The zero-order chi connectivity index (χ0) is 13.8. The fraction of sp³-hybridized carbons (Fsp3) is 0.0714. The number of nitriles is 1. The topological polar surface area (TPSA) is 66.9 Å². The van der Waals surface area contributed by atoms with E-state index in [2.05, 4.69) is 6.07 Å². The van der Waals surface area contributed by atoms with Gasteiger partial charge in [0.15, 0.2) is 0 Å². The van der Waals surface area contributed by atoms with Gasteiger partial charge in [0.2, 0.25) is 0 Å². The highest BCUT2D eigenvalue weighted by molar-refractivity contribution is 7.84. The molecule has 3 nitrogen and oxygen atoms in total. The molecule has 0 heterocycles. The molecule has 0 aliphatic rings. The molecule has 0 fully saturated rings. The van der Waals surface area contributed by atoms with E-state index in [1.807, 2.05) is 6.07 Å². The Morgan fingerprint density at radius 1 is 1.26 bits per heavy atom. The predicted octanol–water partition coefficient (Wildman–Crippen LogP) is 3.10. The predicted molar refractivity (Wildman–Crippen MR) is 77.1 cm³/mol. The lowest BCUT2D eigenvalue weighted by atomic mass is 10.1. The number of hydrogen-bond donors (Lipinski definition) is 1. The first-order chi connectivity index (χ1) is 9.11. The molecule has 0 saturated heterocycles. The Morgan fingerprint density at radius 2 is 2.00 bits per heavy atom. The molecule has 0 aliphatic carbocycles. The van der Waals surface area contributed by atoms with Crippen LogP contribution in [0.3, 0.4) is 0 Å². The number of nitrogen functional groups attached to an aromatic ring is 1. The smallest absolute Gasteiger partial charge is 0.0994 e. The normalized spacial score (nSPS) is 11.8. The van der Waals surface area contributed by atoms with Gasteiger partial charge in [0.05, 0.1) is 38.1 Å². The van der Waals surface area contributed by atoms with Crippen LogP contribution in [0.2, 0.25) is 5.02 Å². The summed E-state index contributed by atoms with van der Waals surface area (Å²) in [6.07, 6.45) is 0. The Hall–Kier alpha value is -1.83. The zero-order valence-electron chi connectivity index (χ0n) is 9.97. The minimum absolute atomic E-state index is 0.257. The Bertz CT molecular complexity index is 679. The van der Waals surface area contributed by atoms with Crippen molar-refractivity contribution in [1.82, 2.24) is 0 Å². The highest BCUT2D eigenvalue weighted by Crippen LogP contribution is 2.24. The summed E-state index contributed by atoms with van der Waals surface area (Å²) in [5, 5.41) is 9.38. The quantitative estimate of drug-likeness (QED) is 0.883. The van der Waals surface area contributed by atoms with Gasteiger partial charge in [-0.15, -0.1) is 0 Å². The van der Waals surface area contributed by atoms with Crippen molar-refractivity contribution < 1.29 is 4.21 Å². The molecule has 0 radical (unpaired) electrons. The molecule has 0 spiro atoms. The van der Waals surface area contributed by atoms with E-state index in [1.54, 1.807) is 36.4 Å². The Morgan fingerprint density at radius 3 is 2.68 bits per heavy atom. The van der Waals surface area contributed by atoms with Crippen molar-refractivity contribution in [3.63, 3.8) is 0 Å². The summed E-state index contributed by atoms with van der Waals surface area (Å²) < 4.78 is 12.3. The summed E-state index contributed by atoms with van der Waals surface area (Å²) in [7, 11) is -1.30. The molecule has 0 amide bonds. The number of nitrogens with zero attached hydrogens (tertiary/aromatic N) is 1. The second-order valence-electron chi connectivity index (χ2n) is 3.95. The number of hydrogen-bond acceptors (Lipinski definition) is 3. The highest BCUT2D eigenvalue weighted by atomic mass is 35.5. The van der Waals surface area contributed by atoms with E-state index in [9.17, 15) is 4.21 Å². The fourth-order valence-corrected chi connectivity index (χ4v) is 3.31. The largest absolute Gasteiger partial charge is 0.399 e. The molecular formula is C14H11ClN2OS. The van der Waals surface area contributed by atoms with Crippen molar-refractivity contribution in [2.24, 2.45) is 0 Å². The van der Waals surface area contributed by atoms with Gasteiger partial charge < -0.3 is 5.73 Å². The van der Waals surface area contributed by atoms with Gasteiger partial charge >= 0.3 is 0 Å². The molecule has 1 unspecified atom stereocenters. The van der Waals surface area contributed by atoms with E-state index >= 15 is 0 Å². The van der Waals surface area contributed by atoms with Crippen molar-refractivity contribution in [1.29, 1.82) is 5.26 Å².